The number of ketones is 1. The van der Waals surface area contributed by atoms with Gasteiger partial charge in [0.2, 0.25) is 0 Å². The van der Waals surface area contributed by atoms with Gasteiger partial charge in [0.1, 0.15) is 12.0 Å². The average Bonchev–Trinajstić information content (AvgIpc) is 2.29. The summed E-state index contributed by atoms with van der Waals surface area (Å²) in [7, 11) is 0. The number of nitro groups is 1. The second-order valence-electron chi connectivity index (χ2n) is 3.30. The van der Waals surface area contributed by atoms with E-state index in [9.17, 15) is 14.9 Å². The highest BCUT2D eigenvalue weighted by Crippen LogP contribution is 2.18. The fourth-order valence-corrected chi connectivity index (χ4v) is 1.71. The molecule has 0 spiro atoms. The van der Waals surface area contributed by atoms with E-state index in [1.165, 1.54) is 30.9 Å². The van der Waals surface area contributed by atoms with Crippen molar-refractivity contribution < 1.29 is 9.72 Å². The molecular weight excluding hydrogens is 240 g/mol. The molecule has 5 nitrogen and oxygen atoms in total. The minimum atomic E-state index is -0.478. The zero-order valence-electron chi connectivity index (χ0n) is 9.33. The SMILES string of the molecule is CC(=O)C/C=C/CSc1ccc([N+](=O)[O-])cn1. The third kappa shape index (κ3) is 5.26. The van der Waals surface area contributed by atoms with Crippen LogP contribution in [0.5, 0.6) is 0 Å². The number of carbonyl (C=O) groups is 1. The van der Waals surface area contributed by atoms with Crippen LogP contribution in [0, 0.1) is 10.1 Å². The Labute approximate surface area is 103 Å². The van der Waals surface area contributed by atoms with Crippen LogP contribution in [-0.2, 0) is 4.79 Å². The van der Waals surface area contributed by atoms with Crippen molar-refractivity contribution in [2.24, 2.45) is 0 Å². The van der Waals surface area contributed by atoms with Gasteiger partial charge in [-0.1, -0.05) is 12.2 Å². The molecule has 0 aliphatic rings. The van der Waals surface area contributed by atoms with Crippen molar-refractivity contribution in [2.45, 2.75) is 18.4 Å². The summed E-state index contributed by atoms with van der Waals surface area (Å²) >= 11 is 1.46. The van der Waals surface area contributed by atoms with Crippen molar-refractivity contribution >= 4 is 23.2 Å². The fourth-order valence-electron chi connectivity index (χ4n) is 1.02. The number of hydrogen-bond donors (Lipinski definition) is 0. The molecule has 1 aromatic heterocycles. The molecule has 0 saturated heterocycles. The van der Waals surface area contributed by atoms with Gasteiger partial charge in [0.15, 0.2) is 0 Å². The molecule has 0 fully saturated rings. The van der Waals surface area contributed by atoms with Crippen LogP contribution in [0.3, 0.4) is 0 Å². The Bertz CT molecular complexity index is 429. The topological polar surface area (TPSA) is 73.1 Å². The molecule has 0 saturated carbocycles. The standard InChI is InChI=1S/C11H12N2O3S/c1-9(14)4-2-3-7-17-11-6-5-10(8-12-11)13(15)16/h2-3,5-6,8H,4,7H2,1H3/b3-2+. The first kappa shape index (κ1) is 13.4. The molecular formula is C11H12N2O3S. The molecule has 1 rings (SSSR count). The summed E-state index contributed by atoms with van der Waals surface area (Å²) in [6.07, 6.45) is 5.37. The molecule has 0 amide bonds. The molecule has 0 radical (unpaired) electrons. The van der Waals surface area contributed by atoms with Crippen LogP contribution in [-0.4, -0.2) is 21.4 Å². The lowest BCUT2D eigenvalue weighted by molar-refractivity contribution is -0.385. The van der Waals surface area contributed by atoms with Crippen molar-refractivity contribution in [1.29, 1.82) is 0 Å². The van der Waals surface area contributed by atoms with E-state index in [0.717, 1.165) is 5.03 Å². The Morgan fingerprint density at radius 1 is 1.53 bits per heavy atom. The Kier molecular flexibility index (Phi) is 5.35. The number of rotatable bonds is 6. The first-order valence-electron chi connectivity index (χ1n) is 4.97. The van der Waals surface area contributed by atoms with Crippen molar-refractivity contribution in [3.63, 3.8) is 0 Å². The molecule has 6 heteroatoms. The lowest BCUT2D eigenvalue weighted by atomic mass is 10.3. The molecule has 0 unspecified atom stereocenters. The predicted octanol–water partition coefficient (Wildman–Crippen LogP) is 2.62. The Morgan fingerprint density at radius 2 is 2.29 bits per heavy atom. The van der Waals surface area contributed by atoms with Crippen LogP contribution in [0.1, 0.15) is 13.3 Å². The van der Waals surface area contributed by atoms with Crippen LogP contribution in [0.25, 0.3) is 0 Å². The summed E-state index contributed by atoms with van der Waals surface area (Å²) in [6, 6.07) is 3.04. The fraction of sp³-hybridized carbons (Fsp3) is 0.273. The van der Waals surface area contributed by atoms with Gasteiger partial charge in [-0.05, 0) is 13.0 Å². The van der Waals surface area contributed by atoms with Gasteiger partial charge in [0.05, 0.1) is 9.95 Å². The number of Topliss-reactive ketones (excluding diaryl/α,β-unsaturated/α-hetero) is 1. The van der Waals surface area contributed by atoms with E-state index in [1.807, 2.05) is 6.08 Å². The summed E-state index contributed by atoms with van der Waals surface area (Å²) in [5, 5.41) is 11.1. The number of pyridine rings is 1. The minimum absolute atomic E-state index is 0.0125. The van der Waals surface area contributed by atoms with Gasteiger partial charge in [-0.2, -0.15) is 0 Å². The van der Waals surface area contributed by atoms with Crippen molar-refractivity contribution in [2.75, 3.05) is 5.75 Å². The average molecular weight is 252 g/mol. The summed E-state index contributed by atoms with van der Waals surface area (Å²) < 4.78 is 0. The molecule has 1 aromatic rings. The maximum Gasteiger partial charge on any atom is 0.287 e. The summed E-state index contributed by atoms with van der Waals surface area (Å²) in [6.45, 7) is 1.54. The first-order chi connectivity index (χ1) is 8.09. The first-order valence-corrected chi connectivity index (χ1v) is 5.96. The molecule has 0 bridgehead atoms. The zero-order valence-corrected chi connectivity index (χ0v) is 10.1. The zero-order chi connectivity index (χ0) is 12.7. The highest BCUT2D eigenvalue weighted by Gasteiger charge is 2.04. The number of thioether (sulfide) groups is 1. The quantitative estimate of drug-likeness (QED) is 0.337. The normalized spacial score (nSPS) is 10.6. The summed E-state index contributed by atoms with van der Waals surface area (Å²) in [5.74, 6) is 0.817. The molecule has 0 aliphatic carbocycles. The van der Waals surface area contributed by atoms with Gasteiger partial charge < -0.3 is 0 Å². The number of aromatic nitrogens is 1. The third-order valence-corrected chi connectivity index (χ3v) is 2.73. The second-order valence-corrected chi connectivity index (χ2v) is 4.34. The van der Waals surface area contributed by atoms with Gasteiger partial charge >= 0.3 is 0 Å². The van der Waals surface area contributed by atoms with Gasteiger partial charge in [-0.3, -0.25) is 14.9 Å². The Balaban J connectivity index is 2.39. The van der Waals surface area contributed by atoms with Crippen molar-refractivity contribution in [1.82, 2.24) is 4.98 Å². The van der Waals surface area contributed by atoms with Gasteiger partial charge in [-0.25, -0.2) is 4.98 Å². The molecule has 0 aliphatic heterocycles. The monoisotopic (exact) mass is 252 g/mol. The molecule has 1 heterocycles. The number of nitrogens with zero attached hydrogens (tertiary/aromatic N) is 2. The summed E-state index contributed by atoms with van der Waals surface area (Å²) in [4.78, 5) is 24.5. The van der Waals surface area contributed by atoms with E-state index < -0.39 is 4.92 Å². The number of carbonyl (C=O) groups excluding carboxylic acids is 1. The Hall–Kier alpha value is -1.69. The van der Waals surface area contributed by atoms with Crippen LogP contribution in [0.2, 0.25) is 0 Å². The van der Waals surface area contributed by atoms with Crippen LogP contribution < -0.4 is 0 Å². The predicted molar refractivity (Wildman–Crippen MR) is 66.1 cm³/mol. The molecule has 0 N–H and O–H groups in total. The second kappa shape index (κ2) is 6.80. The van der Waals surface area contributed by atoms with Crippen molar-refractivity contribution in [3.8, 4) is 0 Å². The van der Waals surface area contributed by atoms with E-state index in [-0.39, 0.29) is 11.5 Å². The highest BCUT2D eigenvalue weighted by atomic mass is 32.2. The van der Waals surface area contributed by atoms with Gasteiger partial charge in [0.25, 0.3) is 5.69 Å². The van der Waals surface area contributed by atoms with E-state index in [2.05, 4.69) is 4.98 Å². The van der Waals surface area contributed by atoms with Gasteiger partial charge in [0, 0.05) is 18.2 Å². The maximum atomic E-state index is 10.6. The lowest BCUT2D eigenvalue weighted by Crippen LogP contribution is -1.89. The maximum absolute atomic E-state index is 10.6. The van der Waals surface area contributed by atoms with E-state index in [0.29, 0.717) is 12.2 Å². The van der Waals surface area contributed by atoms with Crippen LogP contribution in [0.15, 0.2) is 35.5 Å². The van der Waals surface area contributed by atoms with E-state index in [1.54, 1.807) is 12.1 Å². The van der Waals surface area contributed by atoms with Crippen molar-refractivity contribution in [3.05, 3.63) is 40.6 Å². The molecule has 17 heavy (non-hydrogen) atoms. The number of allylic oxidation sites excluding steroid dienone is 1. The minimum Gasteiger partial charge on any atom is -0.300 e. The lowest BCUT2D eigenvalue weighted by Gasteiger charge is -1.96. The van der Waals surface area contributed by atoms with E-state index >= 15 is 0 Å². The van der Waals surface area contributed by atoms with Crippen LogP contribution in [0.4, 0.5) is 5.69 Å². The smallest absolute Gasteiger partial charge is 0.287 e. The molecule has 90 valence electrons. The third-order valence-electron chi connectivity index (χ3n) is 1.83. The molecule has 0 atom stereocenters. The van der Waals surface area contributed by atoms with Crippen LogP contribution >= 0.6 is 11.8 Å². The largest absolute Gasteiger partial charge is 0.300 e. The molecule has 0 aromatic carbocycles. The highest BCUT2D eigenvalue weighted by molar-refractivity contribution is 7.99. The Morgan fingerprint density at radius 3 is 2.82 bits per heavy atom. The number of hydrogen-bond acceptors (Lipinski definition) is 5. The van der Waals surface area contributed by atoms with E-state index in [4.69, 9.17) is 0 Å². The van der Waals surface area contributed by atoms with Gasteiger partial charge in [-0.15, -0.1) is 11.8 Å². The summed E-state index contributed by atoms with van der Waals surface area (Å²) in [5.41, 5.74) is -0.0125.